The highest BCUT2D eigenvalue weighted by atomic mass is 35.5. The summed E-state index contributed by atoms with van der Waals surface area (Å²) in [5, 5.41) is 26.7. The molecule has 1 amide bonds. The summed E-state index contributed by atoms with van der Waals surface area (Å²) in [4.78, 5) is 14.6. The average molecular weight is 380 g/mol. The lowest BCUT2D eigenvalue weighted by atomic mass is 9.91. The quantitative estimate of drug-likeness (QED) is 0.736. The van der Waals surface area contributed by atoms with E-state index in [2.05, 4.69) is 10.5 Å². The Bertz CT molecular complexity index is 775. The number of aromatic nitrogens is 1. The van der Waals surface area contributed by atoms with Crippen molar-refractivity contribution >= 4 is 29.1 Å². The van der Waals surface area contributed by atoms with Crippen LogP contribution in [0.2, 0.25) is 5.02 Å². The number of aliphatic hydroxyl groups excluding tert-OH is 2. The average Bonchev–Trinajstić information content (AvgIpc) is 3.22. The van der Waals surface area contributed by atoms with Crippen molar-refractivity contribution in [1.82, 2.24) is 5.16 Å². The van der Waals surface area contributed by atoms with Crippen LogP contribution in [0.25, 0.3) is 0 Å². The van der Waals surface area contributed by atoms with Gasteiger partial charge in [0.1, 0.15) is 6.04 Å². The van der Waals surface area contributed by atoms with Gasteiger partial charge < -0.3 is 19.6 Å². The molecule has 1 fully saturated rings. The Morgan fingerprint density at radius 3 is 2.77 bits per heavy atom. The predicted molar refractivity (Wildman–Crippen MR) is 98.5 cm³/mol. The summed E-state index contributed by atoms with van der Waals surface area (Å²) in [5.74, 6) is -0.0787. The normalized spacial score (nSPS) is 20.4. The number of benzene rings is 1. The molecule has 2 heterocycles. The Hall–Kier alpha value is -2.09. The van der Waals surface area contributed by atoms with Crippen LogP contribution in [-0.4, -0.2) is 46.6 Å². The first-order valence-corrected chi connectivity index (χ1v) is 8.77. The highest BCUT2D eigenvalue weighted by Gasteiger charge is 2.36. The Morgan fingerprint density at radius 2 is 2.12 bits per heavy atom. The van der Waals surface area contributed by atoms with Gasteiger partial charge >= 0.3 is 0 Å². The summed E-state index contributed by atoms with van der Waals surface area (Å²) >= 11 is 5.92. The molecule has 1 saturated heterocycles. The third kappa shape index (κ3) is 3.85. The first kappa shape index (κ1) is 18.7. The second-order valence-corrected chi connectivity index (χ2v) is 7.58. The summed E-state index contributed by atoms with van der Waals surface area (Å²) in [5.41, 5.74) is 0.799. The van der Waals surface area contributed by atoms with Crippen molar-refractivity contribution in [2.45, 2.75) is 37.8 Å². The van der Waals surface area contributed by atoms with Gasteiger partial charge in [-0.2, -0.15) is 0 Å². The van der Waals surface area contributed by atoms with E-state index in [1.54, 1.807) is 18.2 Å². The molecule has 1 aliphatic rings. The highest BCUT2D eigenvalue weighted by molar-refractivity contribution is 6.30. The minimum absolute atomic E-state index is 0.0912. The number of nitrogens with zero attached hydrogens (tertiary/aromatic N) is 2. The van der Waals surface area contributed by atoms with Crippen LogP contribution < -0.4 is 10.2 Å². The van der Waals surface area contributed by atoms with Gasteiger partial charge in [0.25, 0.3) is 0 Å². The molecular weight excluding hydrogens is 358 g/mol. The van der Waals surface area contributed by atoms with Gasteiger partial charge in [0.15, 0.2) is 0 Å². The molecule has 1 aromatic carbocycles. The summed E-state index contributed by atoms with van der Waals surface area (Å²) in [7, 11) is 0. The van der Waals surface area contributed by atoms with Crippen LogP contribution in [0.5, 0.6) is 0 Å². The summed E-state index contributed by atoms with van der Waals surface area (Å²) in [6.07, 6.45) is -0.280. The van der Waals surface area contributed by atoms with E-state index in [1.807, 2.05) is 30.9 Å². The van der Waals surface area contributed by atoms with Crippen molar-refractivity contribution in [3.63, 3.8) is 0 Å². The second-order valence-electron chi connectivity index (χ2n) is 7.14. The van der Waals surface area contributed by atoms with Crippen molar-refractivity contribution in [1.29, 1.82) is 0 Å². The molecule has 2 aromatic rings. The molecule has 0 aliphatic carbocycles. The number of β-amino-alcohol motifs (C(OH)–C–C–N with tert-alkyl or cyclic N) is 1. The van der Waals surface area contributed by atoms with E-state index in [9.17, 15) is 15.0 Å². The van der Waals surface area contributed by atoms with E-state index in [4.69, 9.17) is 16.1 Å². The number of amides is 1. The molecule has 2 atom stereocenters. The van der Waals surface area contributed by atoms with E-state index < -0.39 is 17.6 Å². The summed E-state index contributed by atoms with van der Waals surface area (Å²) in [6, 6.07) is 8.19. The van der Waals surface area contributed by atoms with Crippen molar-refractivity contribution in [3.05, 3.63) is 41.0 Å². The molecule has 1 aliphatic heterocycles. The first-order valence-electron chi connectivity index (χ1n) is 8.39. The van der Waals surface area contributed by atoms with Crippen LogP contribution in [0.3, 0.4) is 0 Å². The molecule has 0 bridgehead atoms. The number of carbonyl (C=O) groups is 1. The number of halogens is 1. The van der Waals surface area contributed by atoms with Gasteiger partial charge in [0.05, 0.1) is 18.4 Å². The topological polar surface area (TPSA) is 98.8 Å². The zero-order valence-electron chi connectivity index (χ0n) is 14.6. The summed E-state index contributed by atoms with van der Waals surface area (Å²) in [6.45, 7) is 3.92. The highest BCUT2D eigenvalue weighted by Crippen LogP contribution is 2.29. The zero-order chi connectivity index (χ0) is 18.9. The van der Waals surface area contributed by atoms with Crippen molar-refractivity contribution < 1.29 is 19.5 Å². The molecule has 0 saturated carbocycles. The Balaban J connectivity index is 1.74. The van der Waals surface area contributed by atoms with Gasteiger partial charge in [0.2, 0.25) is 11.8 Å². The van der Waals surface area contributed by atoms with Gasteiger partial charge in [-0.05, 0) is 24.3 Å². The molecule has 0 unspecified atom stereocenters. The first-order chi connectivity index (χ1) is 12.3. The lowest BCUT2D eigenvalue weighted by Crippen LogP contribution is -2.39. The van der Waals surface area contributed by atoms with Gasteiger partial charge in [-0.1, -0.05) is 30.6 Å². The van der Waals surface area contributed by atoms with Crippen molar-refractivity contribution in [2.75, 3.05) is 23.4 Å². The van der Waals surface area contributed by atoms with Gasteiger partial charge in [-0.3, -0.25) is 10.1 Å². The minimum Gasteiger partial charge on any atom is -0.395 e. The van der Waals surface area contributed by atoms with Crippen LogP contribution in [0, 0.1) is 0 Å². The SMILES string of the molecule is CC(C)(CO)c1cc(NC(=O)[C@@H]2C[C@@H](O)CN2c2ccc(Cl)cc2)on1. The van der Waals surface area contributed by atoms with Crippen LogP contribution in [-0.2, 0) is 10.2 Å². The number of carbonyl (C=O) groups excluding carboxylic acids is 1. The third-order valence-corrected chi connectivity index (χ3v) is 4.84. The molecule has 3 N–H and O–H groups in total. The largest absolute Gasteiger partial charge is 0.395 e. The fraction of sp³-hybridized carbons (Fsp3) is 0.444. The fourth-order valence-electron chi connectivity index (χ4n) is 2.92. The van der Waals surface area contributed by atoms with Crippen molar-refractivity contribution in [2.24, 2.45) is 0 Å². The van der Waals surface area contributed by atoms with Crippen molar-refractivity contribution in [3.8, 4) is 0 Å². The third-order valence-electron chi connectivity index (χ3n) is 4.59. The maximum absolute atomic E-state index is 12.7. The molecule has 0 radical (unpaired) electrons. The number of rotatable bonds is 5. The van der Waals surface area contributed by atoms with Gasteiger partial charge in [-0.25, -0.2) is 0 Å². The number of hydrogen-bond acceptors (Lipinski definition) is 6. The van der Waals surface area contributed by atoms with Crippen LogP contribution in [0.15, 0.2) is 34.9 Å². The van der Waals surface area contributed by atoms with Crippen LogP contribution in [0.4, 0.5) is 11.6 Å². The molecule has 140 valence electrons. The smallest absolute Gasteiger partial charge is 0.249 e. The number of hydrogen-bond donors (Lipinski definition) is 3. The summed E-state index contributed by atoms with van der Waals surface area (Å²) < 4.78 is 5.18. The van der Waals surface area contributed by atoms with E-state index in [-0.39, 0.29) is 18.4 Å². The van der Waals surface area contributed by atoms with Crippen LogP contribution >= 0.6 is 11.6 Å². The Labute approximate surface area is 156 Å². The molecular formula is C18H22ClN3O4. The molecule has 8 heteroatoms. The monoisotopic (exact) mass is 379 g/mol. The molecule has 0 spiro atoms. The van der Waals surface area contributed by atoms with Gasteiger partial charge in [0, 0.05) is 35.2 Å². The van der Waals surface area contributed by atoms with E-state index in [0.29, 0.717) is 23.7 Å². The maximum atomic E-state index is 12.7. The van der Waals surface area contributed by atoms with E-state index in [1.165, 1.54) is 0 Å². The zero-order valence-corrected chi connectivity index (χ0v) is 15.4. The predicted octanol–water partition coefficient (Wildman–Crippen LogP) is 2.18. The maximum Gasteiger partial charge on any atom is 0.249 e. The second kappa shape index (κ2) is 7.26. The lowest BCUT2D eigenvalue weighted by molar-refractivity contribution is -0.117. The molecule has 7 nitrogen and oxygen atoms in total. The Morgan fingerprint density at radius 1 is 1.42 bits per heavy atom. The van der Waals surface area contributed by atoms with E-state index in [0.717, 1.165) is 5.69 Å². The fourth-order valence-corrected chi connectivity index (χ4v) is 3.05. The molecule has 3 rings (SSSR count). The lowest BCUT2D eigenvalue weighted by Gasteiger charge is -2.25. The minimum atomic E-state index is -0.597. The number of anilines is 2. The molecule has 1 aromatic heterocycles. The molecule has 26 heavy (non-hydrogen) atoms. The number of nitrogens with one attached hydrogen (secondary N) is 1. The van der Waals surface area contributed by atoms with Crippen LogP contribution in [0.1, 0.15) is 26.0 Å². The Kier molecular flexibility index (Phi) is 5.22. The van der Waals surface area contributed by atoms with Gasteiger partial charge in [-0.15, -0.1) is 0 Å². The van der Waals surface area contributed by atoms with E-state index >= 15 is 0 Å². The standard InChI is InChI=1S/C18H22ClN3O4/c1-18(2,10-23)15-8-16(26-21-15)20-17(25)14-7-13(24)9-22(14)12-5-3-11(19)4-6-12/h3-6,8,13-14,23-24H,7,9-10H2,1-2H3,(H,20,25)/t13-,14+/m1/s1. The number of aliphatic hydroxyl groups is 2.